The van der Waals surface area contributed by atoms with Gasteiger partial charge in [0.05, 0.1) is 56.0 Å². The first-order valence-electron chi connectivity index (χ1n) is 9.94. The van der Waals surface area contributed by atoms with Crippen LogP contribution in [0.1, 0.15) is 16.6 Å². The highest BCUT2D eigenvalue weighted by Gasteiger charge is 2.28. The minimum atomic E-state index is -0.411. The van der Waals surface area contributed by atoms with Crippen molar-refractivity contribution in [1.29, 1.82) is 0 Å². The molecule has 32 heavy (non-hydrogen) atoms. The van der Waals surface area contributed by atoms with E-state index in [0.717, 1.165) is 11.3 Å². The first kappa shape index (κ1) is 20.0. The molecule has 1 aliphatic rings. The number of amides is 1. The highest BCUT2D eigenvalue weighted by molar-refractivity contribution is 6.05. The van der Waals surface area contributed by atoms with E-state index >= 15 is 0 Å². The van der Waals surface area contributed by atoms with Crippen molar-refractivity contribution in [3.8, 4) is 28.4 Å². The third kappa shape index (κ3) is 3.63. The Labute approximate surface area is 182 Å². The van der Waals surface area contributed by atoms with E-state index in [4.69, 9.17) is 13.9 Å². The van der Waals surface area contributed by atoms with Crippen molar-refractivity contribution in [1.82, 2.24) is 14.5 Å². The number of hydrogen-bond acceptors (Lipinski definition) is 6. The zero-order valence-corrected chi connectivity index (χ0v) is 17.1. The lowest BCUT2D eigenvalue weighted by molar-refractivity contribution is -0.0226. The van der Waals surface area contributed by atoms with Gasteiger partial charge in [0, 0.05) is 23.4 Å². The maximum atomic E-state index is 13.5. The molecule has 5 rings (SSSR count). The van der Waals surface area contributed by atoms with Gasteiger partial charge < -0.3 is 23.8 Å². The third-order valence-corrected chi connectivity index (χ3v) is 5.26. The number of imidazole rings is 1. The lowest BCUT2D eigenvalue weighted by Gasteiger charge is -2.29. The Kier molecular flexibility index (Phi) is 5.16. The number of ether oxygens (including phenoxy) is 2. The SMILES string of the molecule is COc1cc(NC(=O)c2ccco2)c(-c2c(-c3ccc(F)cc3)ncn2C2COC2)cn1. The summed E-state index contributed by atoms with van der Waals surface area (Å²) in [6.07, 6.45) is 4.78. The summed E-state index contributed by atoms with van der Waals surface area (Å²) < 4.78 is 31.4. The lowest BCUT2D eigenvalue weighted by Crippen LogP contribution is -2.30. The zero-order valence-electron chi connectivity index (χ0n) is 17.1. The van der Waals surface area contributed by atoms with Crippen LogP contribution in [0.25, 0.3) is 22.5 Å². The van der Waals surface area contributed by atoms with Gasteiger partial charge in [0.2, 0.25) is 5.88 Å². The molecule has 9 heteroatoms. The summed E-state index contributed by atoms with van der Waals surface area (Å²) in [6.45, 7) is 1.09. The van der Waals surface area contributed by atoms with Crippen molar-refractivity contribution >= 4 is 11.6 Å². The smallest absolute Gasteiger partial charge is 0.291 e. The molecule has 4 heterocycles. The Hall–Kier alpha value is -3.98. The number of aromatic nitrogens is 3. The van der Waals surface area contributed by atoms with Gasteiger partial charge in [0.25, 0.3) is 5.91 Å². The van der Waals surface area contributed by atoms with Gasteiger partial charge in [-0.05, 0) is 36.4 Å². The van der Waals surface area contributed by atoms with Gasteiger partial charge in [-0.15, -0.1) is 0 Å². The van der Waals surface area contributed by atoms with E-state index in [9.17, 15) is 9.18 Å². The molecule has 8 nitrogen and oxygen atoms in total. The lowest BCUT2D eigenvalue weighted by atomic mass is 10.0. The number of furan rings is 1. The Morgan fingerprint density at radius 3 is 2.69 bits per heavy atom. The van der Waals surface area contributed by atoms with Gasteiger partial charge in [-0.25, -0.2) is 14.4 Å². The van der Waals surface area contributed by atoms with Crippen LogP contribution in [0.4, 0.5) is 10.1 Å². The summed E-state index contributed by atoms with van der Waals surface area (Å²) in [5.74, 6) is -0.234. The molecule has 162 valence electrons. The number of halogens is 1. The van der Waals surface area contributed by atoms with E-state index in [1.54, 1.807) is 42.9 Å². The molecule has 0 atom stereocenters. The van der Waals surface area contributed by atoms with E-state index < -0.39 is 5.91 Å². The van der Waals surface area contributed by atoms with E-state index in [1.807, 2.05) is 4.57 Å². The van der Waals surface area contributed by atoms with Crippen LogP contribution in [-0.2, 0) is 4.74 Å². The normalized spacial score (nSPS) is 13.6. The van der Waals surface area contributed by atoms with Gasteiger partial charge >= 0.3 is 0 Å². The number of carbonyl (C=O) groups excluding carboxylic acids is 1. The number of nitrogens with zero attached hydrogens (tertiary/aromatic N) is 3. The number of benzene rings is 1. The summed E-state index contributed by atoms with van der Waals surface area (Å²) in [5.41, 5.74) is 3.21. The molecule has 1 N–H and O–H groups in total. The topological polar surface area (TPSA) is 91.4 Å². The van der Waals surface area contributed by atoms with Crippen LogP contribution in [0, 0.1) is 5.82 Å². The number of nitrogens with one attached hydrogen (secondary N) is 1. The summed E-state index contributed by atoms with van der Waals surface area (Å²) in [7, 11) is 1.50. The number of carbonyl (C=O) groups is 1. The summed E-state index contributed by atoms with van der Waals surface area (Å²) in [5, 5.41) is 2.88. The molecule has 1 amide bonds. The molecule has 1 aromatic carbocycles. The average molecular weight is 434 g/mol. The molecular formula is C23H19FN4O4. The van der Waals surface area contributed by atoms with Crippen molar-refractivity contribution in [2.45, 2.75) is 6.04 Å². The maximum absolute atomic E-state index is 13.5. The van der Waals surface area contributed by atoms with Crippen molar-refractivity contribution in [2.75, 3.05) is 25.6 Å². The Morgan fingerprint density at radius 2 is 2.03 bits per heavy atom. The second kappa shape index (κ2) is 8.27. The van der Waals surface area contributed by atoms with Crippen LogP contribution < -0.4 is 10.1 Å². The maximum Gasteiger partial charge on any atom is 0.291 e. The number of hydrogen-bond donors (Lipinski definition) is 1. The minimum Gasteiger partial charge on any atom is -0.481 e. The van der Waals surface area contributed by atoms with Crippen LogP contribution in [0.5, 0.6) is 5.88 Å². The molecule has 0 aliphatic carbocycles. The largest absolute Gasteiger partial charge is 0.481 e. The Morgan fingerprint density at radius 1 is 1.22 bits per heavy atom. The third-order valence-electron chi connectivity index (χ3n) is 5.26. The first-order valence-corrected chi connectivity index (χ1v) is 9.94. The highest BCUT2D eigenvalue weighted by Crippen LogP contribution is 2.39. The Bertz CT molecular complexity index is 1250. The fourth-order valence-electron chi connectivity index (χ4n) is 3.54. The van der Waals surface area contributed by atoms with Crippen LogP contribution in [0.3, 0.4) is 0 Å². The molecule has 0 unspecified atom stereocenters. The van der Waals surface area contributed by atoms with Gasteiger partial charge in [-0.2, -0.15) is 0 Å². The predicted molar refractivity (Wildman–Crippen MR) is 114 cm³/mol. The molecule has 0 bridgehead atoms. The molecule has 3 aromatic heterocycles. The summed E-state index contributed by atoms with van der Waals surface area (Å²) in [4.78, 5) is 21.7. The van der Waals surface area contributed by atoms with E-state index in [1.165, 1.54) is 25.5 Å². The van der Waals surface area contributed by atoms with Crippen LogP contribution in [-0.4, -0.2) is 40.8 Å². The zero-order chi connectivity index (χ0) is 22.1. The molecule has 0 spiro atoms. The fourth-order valence-corrected chi connectivity index (χ4v) is 3.54. The van der Waals surface area contributed by atoms with Crippen molar-refractivity contribution in [2.24, 2.45) is 0 Å². The number of pyridine rings is 1. The van der Waals surface area contributed by atoms with Gasteiger partial charge in [-0.1, -0.05) is 0 Å². The van der Waals surface area contributed by atoms with E-state index in [0.29, 0.717) is 36.0 Å². The Balaban J connectivity index is 1.65. The van der Waals surface area contributed by atoms with Crippen LogP contribution in [0.2, 0.25) is 0 Å². The van der Waals surface area contributed by atoms with Gasteiger partial charge in [0.15, 0.2) is 5.76 Å². The molecule has 1 fully saturated rings. The number of anilines is 1. The van der Waals surface area contributed by atoms with Crippen LogP contribution >= 0.6 is 0 Å². The molecule has 1 aliphatic heterocycles. The number of methoxy groups -OCH3 is 1. The second-order valence-electron chi connectivity index (χ2n) is 7.25. The first-order chi connectivity index (χ1) is 15.6. The minimum absolute atomic E-state index is 0.0856. The monoisotopic (exact) mass is 434 g/mol. The summed E-state index contributed by atoms with van der Waals surface area (Å²) >= 11 is 0. The summed E-state index contributed by atoms with van der Waals surface area (Å²) in [6, 6.07) is 11.0. The predicted octanol–water partition coefficient (Wildman–Crippen LogP) is 4.18. The molecule has 1 saturated heterocycles. The highest BCUT2D eigenvalue weighted by atomic mass is 19.1. The number of rotatable bonds is 6. The van der Waals surface area contributed by atoms with Crippen LogP contribution in [0.15, 0.2) is 65.7 Å². The van der Waals surface area contributed by atoms with E-state index in [2.05, 4.69) is 15.3 Å². The average Bonchev–Trinajstić information content (AvgIpc) is 3.44. The molecule has 0 saturated carbocycles. The van der Waals surface area contributed by atoms with Gasteiger partial charge in [-0.3, -0.25) is 4.79 Å². The van der Waals surface area contributed by atoms with Crippen molar-refractivity contribution < 1.29 is 23.1 Å². The van der Waals surface area contributed by atoms with Gasteiger partial charge in [0.1, 0.15) is 5.82 Å². The second-order valence-corrected chi connectivity index (χ2v) is 7.25. The molecular weight excluding hydrogens is 415 g/mol. The molecule has 0 radical (unpaired) electrons. The fraction of sp³-hybridized carbons (Fsp3) is 0.174. The van der Waals surface area contributed by atoms with Crippen molar-refractivity contribution in [3.63, 3.8) is 0 Å². The van der Waals surface area contributed by atoms with E-state index in [-0.39, 0.29) is 17.6 Å². The van der Waals surface area contributed by atoms with Crippen molar-refractivity contribution in [3.05, 3.63) is 72.8 Å². The standard InChI is InChI=1S/C23H19FN4O4/c1-30-20-9-18(27-23(29)19-3-2-8-32-19)17(10-25-20)22-21(14-4-6-15(24)7-5-14)26-13-28(22)16-11-31-12-16/h2-10,13,16H,11-12H2,1H3,(H,25,27,29). The molecule has 4 aromatic rings. The quantitative estimate of drug-likeness (QED) is 0.490.